The van der Waals surface area contributed by atoms with Crippen LogP contribution in [0, 0.1) is 17.7 Å². The zero-order valence-corrected chi connectivity index (χ0v) is 22.2. The van der Waals surface area contributed by atoms with Gasteiger partial charge < -0.3 is 9.88 Å². The summed E-state index contributed by atoms with van der Waals surface area (Å²) in [6.45, 7) is 6.83. The monoisotopic (exact) mass is 542 g/mol. The van der Waals surface area contributed by atoms with Crippen molar-refractivity contribution < 1.29 is 17.6 Å². The summed E-state index contributed by atoms with van der Waals surface area (Å²) in [4.78, 5) is 17.6. The standard InChI is InChI=1S/C28H30F4N6O/c1-16(2)12-33-13-18-7-20-24(21(8-18)28(30,31)32)34-14-38(25(20)39)23-9-19(5-6-22(23)29)27(10-17(3)11-27)26-36-35-15-37(26)4/h5-9,14-17,33H,10-13H2,1-4H3. The number of aryl methyl sites for hydroxylation is 1. The smallest absolute Gasteiger partial charge is 0.320 e. The minimum Gasteiger partial charge on any atom is -0.320 e. The molecule has 1 fully saturated rings. The summed E-state index contributed by atoms with van der Waals surface area (Å²) in [7, 11) is 1.84. The van der Waals surface area contributed by atoms with Gasteiger partial charge in [0.2, 0.25) is 0 Å². The molecule has 7 nitrogen and oxygen atoms in total. The first-order valence-electron chi connectivity index (χ1n) is 12.9. The number of nitrogens with zero attached hydrogens (tertiary/aromatic N) is 5. The molecule has 0 unspecified atom stereocenters. The van der Waals surface area contributed by atoms with Crippen molar-refractivity contribution in [3.63, 3.8) is 0 Å². The molecule has 206 valence electrons. The zero-order valence-electron chi connectivity index (χ0n) is 22.2. The highest BCUT2D eigenvalue weighted by Gasteiger charge is 2.48. The fraction of sp³-hybridized carbons (Fsp3) is 0.429. The molecule has 0 radical (unpaired) electrons. The molecule has 39 heavy (non-hydrogen) atoms. The number of alkyl halides is 3. The highest BCUT2D eigenvalue weighted by atomic mass is 19.4. The van der Waals surface area contributed by atoms with Gasteiger partial charge in [0, 0.05) is 13.6 Å². The van der Waals surface area contributed by atoms with Crippen LogP contribution in [0.25, 0.3) is 16.6 Å². The highest BCUT2D eigenvalue weighted by Crippen LogP contribution is 2.51. The van der Waals surface area contributed by atoms with Crippen LogP contribution in [0.5, 0.6) is 0 Å². The summed E-state index contributed by atoms with van der Waals surface area (Å²) < 4.78 is 59.9. The number of benzene rings is 2. The maximum absolute atomic E-state index is 15.2. The summed E-state index contributed by atoms with van der Waals surface area (Å²) in [6, 6.07) is 6.93. The first-order chi connectivity index (χ1) is 18.4. The molecule has 1 N–H and O–H groups in total. The van der Waals surface area contributed by atoms with E-state index < -0.39 is 34.0 Å². The number of rotatable bonds is 7. The molecule has 1 aliphatic carbocycles. The number of fused-ring (bicyclic) bond motifs is 1. The van der Waals surface area contributed by atoms with E-state index in [1.54, 1.807) is 18.5 Å². The van der Waals surface area contributed by atoms with Crippen LogP contribution < -0.4 is 10.9 Å². The van der Waals surface area contributed by atoms with E-state index in [2.05, 4.69) is 27.4 Å². The van der Waals surface area contributed by atoms with E-state index in [9.17, 15) is 18.0 Å². The summed E-state index contributed by atoms with van der Waals surface area (Å²) >= 11 is 0. The quantitative estimate of drug-likeness (QED) is 0.328. The summed E-state index contributed by atoms with van der Waals surface area (Å²) in [5, 5.41) is 11.2. The lowest BCUT2D eigenvalue weighted by Crippen LogP contribution is -2.43. The SMILES string of the molecule is CC(C)CNCc1cc(C(F)(F)F)c2ncn(-c3cc(C4(c5nncn5C)CC(C)C4)ccc3F)c(=O)c2c1. The Bertz CT molecular complexity index is 1580. The van der Waals surface area contributed by atoms with E-state index >= 15 is 4.39 Å². The van der Waals surface area contributed by atoms with Gasteiger partial charge >= 0.3 is 6.18 Å². The lowest BCUT2D eigenvalue weighted by molar-refractivity contribution is -0.136. The second kappa shape index (κ2) is 9.86. The third kappa shape index (κ3) is 4.84. The van der Waals surface area contributed by atoms with Gasteiger partial charge in [-0.15, -0.1) is 10.2 Å². The van der Waals surface area contributed by atoms with Crippen molar-refractivity contribution in [3.05, 3.63) is 81.7 Å². The second-order valence-electron chi connectivity index (χ2n) is 11.0. The Morgan fingerprint density at radius 1 is 1.15 bits per heavy atom. The van der Waals surface area contributed by atoms with Crippen LogP contribution in [0.2, 0.25) is 0 Å². The van der Waals surface area contributed by atoms with Gasteiger partial charge in [-0.2, -0.15) is 13.2 Å². The largest absolute Gasteiger partial charge is 0.418 e. The van der Waals surface area contributed by atoms with Gasteiger partial charge in [-0.3, -0.25) is 9.36 Å². The van der Waals surface area contributed by atoms with Gasteiger partial charge in [0.05, 0.1) is 27.6 Å². The normalized spacial score (nSPS) is 19.6. The molecule has 0 aliphatic heterocycles. The van der Waals surface area contributed by atoms with E-state index in [-0.39, 0.29) is 17.6 Å². The Morgan fingerprint density at radius 2 is 1.90 bits per heavy atom. The Labute approximate surface area is 222 Å². The average molecular weight is 543 g/mol. The summed E-state index contributed by atoms with van der Waals surface area (Å²) in [6.07, 6.45) is -0.619. The van der Waals surface area contributed by atoms with E-state index in [0.29, 0.717) is 23.9 Å². The van der Waals surface area contributed by atoms with Crippen LogP contribution in [0.4, 0.5) is 17.6 Å². The van der Waals surface area contributed by atoms with E-state index in [4.69, 9.17) is 0 Å². The Kier molecular flexibility index (Phi) is 6.82. The highest BCUT2D eigenvalue weighted by molar-refractivity contribution is 5.82. The fourth-order valence-corrected chi connectivity index (χ4v) is 5.68. The van der Waals surface area contributed by atoms with Gasteiger partial charge in [0.1, 0.15) is 24.3 Å². The number of nitrogens with one attached hydrogen (secondary N) is 1. The van der Waals surface area contributed by atoms with Crippen LogP contribution in [0.15, 0.2) is 47.8 Å². The van der Waals surface area contributed by atoms with Gasteiger partial charge in [0.25, 0.3) is 5.56 Å². The minimum atomic E-state index is -4.72. The van der Waals surface area contributed by atoms with Crippen LogP contribution >= 0.6 is 0 Å². The molecule has 2 heterocycles. The molecule has 4 aromatic rings. The van der Waals surface area contributed by atoms with Crippen LogP contribution in [-0.2, 0) is 25.2 Å². The van der Waals surface area contributed by atoms with Crippen molar-refractivity contribution in [2.24, 2.45) is 18.9 Å². The Morgan fingerprint density at radius 3 is 2.51 bits per heavy atom. The van der Waals surface area contributed by atoms with E-state index in [0.717, 1.165) is 41.2 Å². The third-order valence-electron chi connectivity index (χ3n) is 7.40. The van der Waals surface area contributed by atoms with Gasteiger partial charge in [-0.25, -0.2) is 9.37 Å². The third-order valence-corrected chi connectivity index (χ3v) is 7.40. The molecular formula is C28H30F4N6O. The maximum atomic E-state index is 15.2. The van der Waals surface area contributed by atoms with Gasteiger partial charge in [0.15, 0.2) is 0 Å². The molecular weight excluding hydrogens is 512 g/mol. The van der Waals surface area contributed by atoms with Crippen molar-refractivity contribution in [2.45, 2.75) is 51.7 Å². The molecule has 11 heteroatoms. The number of hydrogen-bond acceptors (Lipinski definition) is 5. The topological polar surface area (TPSA) is 77.6 Å². The molecule has 0 spiro atoms. The molecule has 0 saturated heterocycles. The van der Waals surface area contributed by atoms with Gasteiger partial charge in [-0.1, -0.05) is 26.8 Å². The lowest BCUT2D eigenvalue weighted by Gasteiger charge is -2.46. The predicted molar refractivity (Wildman–Crippen MR) is 139 cm³/mol. The summed E-state index contributed by atoms with van der Waals surface area (Å²) in [5.74, 6) is 0.748. The molecule has 5 rings (SSSR count). The van der Waals surface area contributed by atoms with Crippen molar-refractivity contribution in [3.8, 4) is 5.69 Å². The molecule has 0 atom stereocenters. The minimum absolute atomic E-state index is 0.0788. The van der Waals surface area contributed by atoms with Gasteiger partial charge in [-0.05, 0) is 66.6 Å². The first kappa shape index (κ1) is 27.0. The van der Waals surface area contributed by atoms with Crippen molar-refractivity contribution in [1.29, 1.82) is 0 Å². The molecule has 2 aromatic heterocycles. The fourth-order valence-electron chi connectivity index (χ4n) is 5.68. The molecule has 1 saturated carbocycles. The Hall–Kier alpha value is -3.60. The molecule has 1 aliphatic rings. The number of halogens is 4. The number of hydrogen-bond donors (Lipinski definition) is 1. The molecule has 0 bridgehead atoms. The Balaban J connectivity index is 1.65. The van der Waals surface area contributed by atoms with Crippen molar-refractivity contribution in [1.82, 2.24) is 29.6 Å². The van der Waals surface area contributed by atoms with Crippen molar-refractivity contribution >= 4 is 10.9 Å². The maximum Gasteiger partial charge on any atom is 0.418 e. The molecule has 2 aromatic carbocycles. The van der Waals surface area contributed by atoms with Crippen LogP contribution in [-0.4, -0.2) is 30.9 Å². The van der Waals surface area contributed by atoms with Crippen molar-refractivity contribution in [2.75, 3.05) is 6.54 Å². The van der Waals surface area contributed by atoms with E-state index in [1.165, 1.54) is 12.1 Å². The van der Waals surface area contributed by atoms with E-state index in [1.807, 2.05) is 25.5 Å². The average Bonchev–Trinajstić information content (AvgIpc) is 3.28. The van der Waals surface area contributed by atoms with Crippen LogP contribution in [0.3, 0.4) is 0 Å². The molecule has 0 amide bonds. The predicted octanol–water partition coefficient (Wildman–Crippen LogP) is 5.13. The second-order valence-corrected chi connectivity index (χ2v) is 11.0. The lowest BCUT2D eigenvalue weighted by atomic mass is 9.58. The van der Waals surface area contributed by atoms with Crippen LogP contribution in [0.1, 0.15) is 56.1 Å². The first-order valence-corrected chi connectivity index (χ1v) is 12.9. The summed E-state index contributed by atoms with van der Waals surface area (Å²) in [5.41, 5.74) is -1.78. The zero-order chi connectivity index (χ0) is 28.1. The number of aromatic nitrogens is 5.